The molecule has 2 aliphatic rings. The lowest BCUT2D eigenvalue weighted by Gasteiger charge is -2.26. The van der Waals surface area contributed by atoms with Crippen molar-refractivity contribution >= 4 is 17.6 Å². The molecule has 1 saturated heterocycles. The maximum absolute atomic E-state index is 12.6. The quantitative estimate of drug-likeness (QED) is 0.892. The van der Waals surface area contributed by atoms with Crippen molar-refractivity contribution in [2.75, 3.05) is 24.7 Å². The molecule has 1 amide bonds. The monoisotopic (exact) mass is 275 g/mol. The SMILES string of the molecule is O=C(O)c1ccc2c(c1)N(C(=O)C1CCOCC1)CC2. The molecule has 3 rings (SSSR count). The van der Waals surface area contributed by atoms with E-state index in [1.807, 2.05) is 6.07 Å². The predicted molar refractivity (Wildman–Crippen MR) is 73.0 cm³/mol. The predicted octanol–water partition coefficient (Wildman–Crippen LogP) is 1.70. The number of rotatable bonds is 2. The van der Waals surface area contributed by atoms with Gasteiger partial charge in [0.25, 0.3) is 0 Å². The van der Waals surface area contributed by atoms with Gasteiger partial charge in [0.2, 0.25) is 5.91 Å². The van der Waals surface area contributed by atoms with Gasteiger partial charge in [-0.3, -0.25) is 4.79 Å². The second-order valence-corrected chi connectivity index (χ2v) is 5.28. The number of amides is 1. The first-order valence-corrected chi connectivity index (χ1v) is 6.92. The Bertz CT molecular complexity index is 549. The molecule has 0 aromatic heterocycles. The van der Waals surface area contributed by atoms with Crippen LogP contribution in [0.2, 0.25) is 0 Å². The van der Waals surface area contributed by atoms with Crippen LogP contribution in [0.15, 0.2) is 18.2 Å². The van der Waals surface area contributed by atoms with E-state index in [-0.39, 0.29) is 17.4 Å². The minimum Gasteiger partial charge on any atom is -0.478 e. The van der Waals surface area contributed by atoms with E-state index in [9.17, 15) is 9.59 Å². The molecule has 5 nitrogen and oxygen atoms in total. The second kappa shape index (κ2) is 5.25. The highest BCUT2D eigenvalue weighted by molar-refractivity contribution is 5.99. The summed E-state index contributed by atoms with van der Waals surface area (Å²) in [7, 11) is 0. The smallest absolute Gasteiger partial charge is 0.335 e. The normalized spacial score (nSPS) is 18.9. The lowest BCUT2D eigenvalue weighted by Crippen LogP contribution is -2.37. The van der Waals surface area contributed by atoms with Gasteiger partial charge in [-0.15, -0.1) is 0 Å². The Balaban J connectivity index is 1.85. The number of carboxylic acid groups (broad SMARTS) is 1. The van der Waals surface area contributed by atoms with E-state index < -0.39 is 5.97 Å². The van der Waals surface area contributed by atoms with E-state index >= 15 is 0 Å². The number of aromatic carboxylic acids is 1. The summed E-state index contributed by atoms with van der Waals surface area (Å²) in [5, 5.41) is 9.07. The zero-order valence-corrected chi connectivity index (χ0v) is 11.2. The summed E-state index contributed by atoms with van der Waals surface area (Å²) >= 11 is 0. The number of anilines is 1. The Hall–Kier alpha value is -1.88. The van der Waals surface area contributed by atoms with Crippen molar-refractivity contribution in [2.45, 2.75) is 19.3 Å². The Kier molecular flexibility index (Phi) is 3.44. The van der Waals surface area contributed by atoms with E-state index in [1.54, 1.807) is 17.0 Å². The Morgan fingerprint density at radius 1 is 1.25 bits per heavy atom. The summed E-state index contributed by atoms with van der Waals surface area (Å²) in [6, 6.07) is 5.03. The van der Waals surface area contributed by atoms with E-state index in [4.69, 9.17) is 9.84 Å². The summed E-state index contributed by atoms with van der Waals surface area (Å²) in [5.41, 5.74) is 2.05. The lowest BCUT2D eigenvalue weighted by atomic mass is 9.98. The Morgan fingerprint density at radius 3 is 2.70 bits per heavy atom. The minimum absolute atomic E-state index is 0.00295. The molecule has 1 aromatic carbocycles. The fourth-order valence-electron chi connectivity index (χ4n) is 2.91. The van der Waals surface area contributed by atoms with Gasteiger partial charge in [-0.25, -0.2) is 4.79 Å². The molecule has 1 fully saturated rings. The number of fused-ring (bicyclic) bond motifs is 1. The van der Waals surface area contributed by atoms with Crippen LogP contribution in [-0.2, 0) is 16.0 Å². The van der Waals surface area contributed by atoms with Crippen LogP contribution < -0.4 is 4.90 Å². The lowest BCUT2D eigenvalue weighted by molar-refractivity contribution is -0.125. The second-order valence-electron chi connectivity index (χ2n) is 5.28. The third-order valence-corrected chi connectivity index (χ3v) is 4.06. The van der Waals surface area contributed by atoms with Crippen LogP contribution in [0.3, 0.4) is 0 Å². The molecule has 0 atom stereocenters. The van der Waals surface area contributed by atoms with E-state index in [1.165, 1.54) is 0 Å². The molecule has 2 heterocycles. The number of carbonyl (C=O) groups excluding carboxylic acids is 1. The Morgan fingerprint density at radius 2 is 2.00 bits per heavy atom. The molecular formula is C15H17NO4. The molecule has 0 aliphatic carbocycles. The number of carbonyl (C=O) groups is 2. The van der Waals surface area contributed by atoms with Crippen molar-refractivity contribution in [3.8, 4) is 0 Å². The van der Waals surface area contributed by atoms with E-state index in [2.05, 4.69) is 0 Å². The zero-order chi connectivity index (χ0) is 14.1. The standard InChI is InChI=1S/C15H17NO4/c17-14(11-4-7-20-8-5-11)16-6-3-10-1-2-12(15(18)19)9-13(10)16/h1-2,9,11H,3-8H2,(H,18,19). The van der Waals surface area contributed by atoms with Gasteiger partial charge in [0.15, 0.2) is 0 Å². The molecule has 0 radical (unpaired) electrons. The highest BCUT2D eigenvalue weighted by Crippen LogP contribution is 2.31. The van der Waals surface area contributed by atoms with Crippen molar-refractivity contribution in [2.24, 2.45) is 5.92 Å². The van der Waals surface area contributed by atoms with Crippen LogP contribution >= 0.6 is 0 Å². The van der Waals surface area contributed by atoms with Crippen LogP contribution in [0, 0.1) is 5.92 Å². The zero-order valence-electron chi connectivity index (χ0n) is 11.2. The number of carboxylic acids is 1. The van der Waals surface area contributed by atoms with Crippen molar-refractivity contribution < 1.29 is 19.4 Å². The number of ether oxygens (including phenoxy) is 1. The number of benzene rings is 1. The molecule has 0 spiro atoms. The molecule has 2 aliphatic heterocycles. The molecule has 1 aromatic rings. The molecule has 5 heteroatoms. The van der Waals surface area contributed by atoms with Gasteiger partial charge in [0.05, 0.1) is 5.56 Å². The van der Waals surface area contributed by atoms with Gasteiger partial charge in [-0.05, 0) is 37.0 Å². The molecular weight excluding hydrogens is 258 g/mol. The van der Waals surface area contributed by atoms with Crippen LogP contribution in [0.1, 0.15) is 28.8 Å². The van der Waals surface area contributed by atoms with Crippen LogP contribution in [-0.4, -0.2) is 36.7 Å². The molecule has 0 unspecified atom stereocenters. The maximum Gasteiger partial charge on any atom is 0.335 e. The molecule has 106 valence electrons. The summed E-state index contributed by atoms with van der Waals surface area (Å²) in [6.07, 6.45) is 2.30. The molecule has 0 saturated carbocycles. The first-order chi connectivity index (χ1) is 9.66. The average Bonchev–Trinajstić information content (AvgIpc) is 2.90. The fourth-order valence-corrected chi connectivity index (χ4v) is 2.91. The van der Waals surface area contributed by atoms with Gasteiger partial charge in [0.1, 0.15) is 0 Å². The minimum atomic E-state index is -0.960. The van der Waals surface area contributed by atoms with Gasteiger partial charge in [0, 0.05) is 31.4 Å². The summed E-state index contributed by atoms with van der Waals surface area (Å²) in [4.78, 5) is 25.4. The maximum atomic E-state index is 12.6. The summed E-state index contributed by atoms with van der Waals surface area (Å²) < 4.78 is 5.28. The highest BCUT2D eigenvalue weighted by Gasteiger charge is 2.31. The highest BCUT2D eigenvalue weighted by atomic mass is 16.5. The number of nitrogens with zero attached hydrogens (tertiary/aromatic N) is 1. The van der Waals surface area contributed by atoms with Gasteiger partial charge in [-0.1, -0.05) is 6.07 Å². The topological polar surface area (TPSA) is 66.8 Å². The van der Waals surface area contributed by atoms with Crippen molar-refractivity contribution in [1.82, 2.24) is 0 Å². The van der Waals surface area contributed by atoms with Gasteiger partial charge >= 0.3 is 5.97 Å². The van der Waals surface area contributed by atoms with Gasteiger partial charge in [-0.2, -0.15) is 0 Å². The third kappa shape index (κ3) is 2.29. The summed E-state index contributed by atoms with van der Waals surface area (Å²) in [6.45, 7) is 1.91. The molecule has 0 bridgehead atoms. The van der Waals surface area contributed by atoms with Crippen LogP contribution in [0.5, 0.6) is 0 Å². The first-order valence-electron chi connectivity index (χ1n) is 6.92. The van der Waals surface area contributed by atoms with E-state index in [0.29, 0.717) is 19.8 Å². The molecule has 1 N–H and O–H groups in total. The third-order valence-electron chi connectivity index (χ3n) is 4.06. The van der Waals surface area contributed by atoms with Crippen LogP contribution in [0.4, 0.5) is 5.69 Å². The van der Waals surface area contributed by atoms with Crippen LogP contribution in [0.25, 0.3) is 0 Å². The fraction of sp³-hybridized carbons (Fsp3) is 0.467. The van der Waals surface area contributed by atoms with Crippen molar-refractivity contribution in [3.05, 3.63) is 29.3 Å². The van der Waals surface area contributed by atoms with E-state index in [0.717, 1.165) is 30.5 Å². The van der Waals surface area contributed by atoms with Crippen molar-refractivity contribution in [3.63, 3.8) is 0 Å². The largest absolute Gasteiger partial charge is 0.478 e. The average molecular weight is 275 g/mol. The van der Waals surface area contributed by atoms with Crippen molar-refractivity contribution in [1.29, 1.82) is 0 Å². The molecule has 20 heavy (non-hydrogen) atoms. The first kappa shape index (κ1) is 13.1. The number of hydrogen-bond acceptors (Lipinski definition) is 3. The number of hydrogen-bond donors (Lipinski definition) is 1. The Labute approximate surface area is 117 Å². The summed E-state index contributed by atoms with van der Waals surface area (Å²) in [5.74, 6) is -0.851. The van der Waals surface area contributed by atoms with Gasteiger partial charge < -0.3 is 14.7 Å².